The summed E-state index contributed by atoms with van der Waals surface area (Å²) in [7, 11) is 0. The molecule has 6 aliphatic carbocycles. The molecule has 0 aromatic heterocycles. The Hall–Kier alpha value is 0. The Kier molecular flexibility index (Phi) is 2.88. The monoisotopic (exact) mass is 298 g/mol. The summed E-state index contributed by atoms with van der Waals surface area (Å²) < 4.78 is 0. The summed E-state index contributed by atoms with van der Waals surface area (Å²) in [6, 6.07) is 0. The van der Waals surface area contributed by atoms with Crippen LogP contribution >= 0.6 is 0 Å². The van der Waals surface area contributed by atoms with Crippen LogP contribution in [-0.4, -0.2) is 0 Å². The van der Waals surface area contributed by atoms with Crippen LogP contribution in [0.3, 0.4) is 0 Å². The number of rotatable bonds is 0. The smallest absolute Gasteiger partial charge is 0.0318 e. The second kappa shape index (κ2) is 4.76. The first-order valence-electron chi connectivity index (χ1n) is 10.9. The van der Waals surface area contributed by atoms with Crippen LogP contribution in [0.2, 0.25) is 0 Å². The van der Waals surface area contributed by atoms with E-state index in [4.69, 9.17) is 0 Å². The maximum absolute atomic E-state index is 1.69. The molecule has 6 saturated carbocycles. The van der Waals surface area contributed by atoms with Crippen molar-refractivity contribution in [2.45, 2.75) is 77.0 Å². The van der Waals surface area contributed by atoms with E-state index in [1.165, 1.54) is 53.3 Å². The fourth-order valence-electron chi connectivity index (χ4n) is 9.57. The summed E-state index contributed by atoms with van der Waals surface area (Å²) in [5, 5.41) is 0. The standard InChI is InChI=1S/C22H34/c1-2-4-18-15(3-1)11-16-9-8-14-6-5-13-7-10-17-12-19(18)21(16)22(14)20(13)17/h13-22H,1-12H2. The molecule has 0 radical (unpaired) electrons. The number of fused-ring (bicyclic) bond motifs is 2. The van der Waals surface area contributed by atoms with Crippen LogP contribution < -0.4 is 0 Å². The van der Waals surface area contributed by atoms with Crippen LogP contribution in [0.15, 0.2) is 0 Å². The van der Waals surface area contributed by atoms with Crippen LogP contribution in [-0.2, 0) is 0 Å². The zero-order valence-electron chi connectivity index (χ0n) is 14.3. The SMILES string of the molecule is C1CCC2C(C1)CC1CCC3CCC4CCC5CC2C1C3C45. The van der Waals surface area contributed by atoms with E-state index in [-0.39, 0.29) is 0 Å². The number of hydrogen-bond acceptors (Lipinski definition) is 0. The van der Waals surface area contributed by atoms with Gasteiger partial charge in [0.25, 0.3) is 0 Å². The van der Waals surface area contributed by atoms with Crippen LogP contribution in [0.25, 0.3) is 0 Å². The summed E-state index contributed by atoms with van der Waals surface area (Å²) in [5.74, 6) is 11.9. The topological polar surface area (TPSA) is 0 Å². The Labute approximate surface area is 136 Å². The van der Waals surface area contributed by atoms with E-state index in [1.807, 2.05) is 0 Å². The van der Waals surface area contributed by atoms with E-state index >= 15 is 0 Å². The van der Waals surface area contributed by atoms with Gasteiger partial charge in [-0.3, -0.25) is 0 Å². The summed E-state index contributed by atoms with van der Waals surface area (Å²) in [6.45, 7) is 0. The van der Waals surface area contributed by atoms with Gasteiger partial charge in [0, 0.05) is 0 Å². The highest BCUT2D eigenvalue weighted by Gasteiger charge is 2.60. The fraction of sp³-hybridized carbons (Fsp3) is 1.00. The van der Waals surface area contributed by atoms with Crippen molar-refractivity contribution in [3.05, 3.63) is 0 Å². The molecule has 0 heterocycles. The molecule has 0 bridgehead atoms. The second-order valence-electron chi connectivity index (χ2n) is 10.3. The van der Waals surface area contributed by atoms with Gasteiger partial charge in [0.1, 0.15) is 0 Å². The second-order valence-corrected chi connectivity index (χ2v) is 10.3. The van der Waals surface area contributed by atoms with E-state index in [9.17, 15) is 0 Å². The molecule has 6 fully saturated rings. The normalized spacial score (nSPS) is 62.2. The van der Waals surface area contributed by atoms with Crippen molar-refractivity contribution in [3.63, 3.8) is 0 Å². The lowest BCUT2D eigenvalue weighted by atomic mass is 9.42. The van der Waals surface area contributed by atoms with Gasteiger partial charge >= 0.3 is 0 Å². The zero-order valence-corrected chi connectivity index (χ0v) is 14.3. The third kappa shape index (κ3) is 1.66. The first-order valence-corrected chi connectivity index (χ1v) is 10.9. The molecule has 122 valence electrons. The van der Waals surface area contributed by atoms with Crippen molar-refractivity contribution in [1.29, 1.82) is 0 Å². The van der Waals surface area contributed by atoms with Crippen molar-refractivity contribution >= 4 is 0 Å². The first kappa shape index (κ1) is 13.3. The van der Waals surface area contributed by atoms with Gasteiger partial charge in [-0.05, 0) is 117 Å². The van der Waals surface area contributed by atoms with Crippen molar-refractivity contribution in [2.75, 3.05) is 0 Å². The minimum absolute atomic E-state index is 1.16. The molecule has 0 aliphatic heterocycles. The Balaban J connectivity index is 1.41. The molecule has 0 aromatic rings. The molecule has 0 saturated heterocycles. The van der Waals surface area contributed by atoms with E-state index in [2.05, 4.69) is 0 Å². The molecular weight excluding hydrogens is 264 g/mol. The maximum atomic E-state index is 1.69. The highest BCUT2D eigenvalue weighted by atomic mass is 14.7. The molecule has 10 unspecified atom stereocenters. The molecular formula is C22H34. The van der Waals surface area contributed by atoms with Gasteiger partial charge < -0.3 is 0 Å². The van der Waals surface area contributed by atoms with E-state index in [1.54, 1.807) is 77.0 Å². The molecule has 0 heteroatoms. The van der Waals surface area contributed by atoms with Crippen molar-refractivity contribution in [3.8, 4) is 0 Å². The first-order chi connectivity index (χ1) is 10.9. The quantitative estimate of drug-likeness (QED) is 0.521. The van der Waals surface area contributed by atoms with Crippen LogP contribution in [0.5, 0.6) is 0 Å². The average Bonchev–Trinajstić information content (AvgIpc) is 2.99. The van der Waals surface area contributed by atoms with Crippen molar-refractivity contribution in [2.24, 2.45) is 59.2 Å². The van der Waals surface area contributed by atoms with Gasteiger partial charge in [-0.15, -0.1) is 0 Å². The molecule has 0 N–H and O–H groups in total. The van der Waals surface area contributed by atoms with Crippen LogP contribution in [0.4, 0.5) is 0 Å². The summed E-state index contributed by atoms with van der Waals surface area (Å²) in [6.07, 6.45) is 19.5. The van der Waals surface area contributed by atoms with Crippen LogP contribution in [0.1, 0.15) is 77.0 Å². The Bertz CT molecular complexity index is 453. The van der Waals surface area contributed by atoms with Crippen molar-refractivity contribution < 1.29 is 0 Å². The molecule has 0 amide bonds. The van der Waals surface area contributed by atoms with Gasteiger partial charge in [-0.2, -0.15) is 0 Å². The third-order valence-corrected chi connectivity index (χ3v) is 9.98. The molecule has 0 aromatic carbocycles. The Morgan fingerprint density at radius 1 is 0.364 bits per heavy atom. The number of hydrogen-bond donors (Lipinski definition) is 0. The molecule has 10 atom stereocenters. The minimum atomic E-state index is 1.16. The molecule has 6 rings (SSSR count). The predicted molar refractivity (Wildman–Crippen MR) is 90.3 cm³/mol. The van der Waals surface area contributed by atoms with Gasteiger partial charge in [-0.25, -0.2) is 0 Å². The molecule has 6 aliphatic rings. The Morgan fingerprint density at radius 2 is 1.00 bits per heavy atom. The summed E-state index contributed by atoms with van der Waals surface area (Å²) in [5.41, 5.74) is 0. The van der Waals surface area contributed by atoms with Crippen LogP contribution in [0, 0.1) is 59.2 Å². The highest BCUT2D eigenvalue weighted by Crippen LogP contribution is 2.68. The lowest BCUT2D eigenvalue weighted by Crippen LogP contribution is -2.56. The maximum Gasteiger partial charge on any atom is -0.0318 e. The van der Waals surface area contributed by atoms with Crippen molar-refractivity contribution in [1.82, 2.24) is 0 Å². The summed E-state index contributed by atoms with van der Waals surface area (Å²) in [4.78, 5) is 0. The Morgan fingerprint density at radius 3 is 1.82 bits per heavy atom. The average molecular weight is 299 g/mol. The van der Waals surface area contributed by atoms with E-state index in [0.29, 0.717) is 0 Å². The van der Waals surface area contributed by atoms with Gasteiger partial charge in [0.2, 0.25) is 0 Å². The minimum Gasteiger partial charge on any atom is -0.0530 e. The van der Waals surface area contributed by atoms with Gasteiger partial charge in [0.15, 0.2) is 0 Å². The molecule has 0 nitrogen and oxygen atoms in total. The van der Waals surface area contributed by atoms with Gasteiger partial charge in [-0.1, -0.05) is 19.3 Å². The van der Waals surface area contributed by atoms with Gasteiger partial charge in [0.05, 0.1) is 0 Å². The molecule has 22 heavy (non-hydrogen) atoms. The molecule has 0 spiro atoms. The van der Waals surface area contributed by atoms with E-state index < -0.39 is 0 Å². The summed E-state index contributed by atoms with van der Waals surface area (Å²) >= 11 is 0. The highest BCUT2D eigenvalue weighted by molar-refractivity contribution is 5.09. The predicted octanol–water partition coefficient (Wildman–Crippen LogP) is 5.91. The lowest BCUT2D eigenvalue weighted by molar-refractivity contribution is -0.143. The zero-order chi connectivity index (χ0) is 14.3. The largest absolute Gasteiger partial charge is 0.0530 e. The fourth-order valence-corrected chi connectivity index (χ4v) is 9.57. The lowest BCUT2D eigenvalue weighted by Gasteiger charge is -2.63. The van der Waals surface area contributed by atoms with E-state index in [0.717, 1.165) is 5.92 Å². The third-order valence-electron chi connectivity index (χ3n) is 9.98.